The number of aliphatic hydroxyl groups is 1. The first-order valence-corrected chi connectivity index (χ1v) is 9.31. The molecule has 0 aliphatic rings. The van der Waals surface area contributed by atoms with Crippen LogP contribution in [-0.2, 0) is 27.5 Å². The Morgan fingerprint density at radius 1 is 1.00 bits per heavy atom. The molecule has 2 aromatic carbocycles. The maximum absolute atomic E-state index is 12.3. The molecular formula is C20H24O4S. The monoisotopic (exact) mass is 360 g/mol. The van der Waals surface area contributed by atoms with E-state index in [-0.39, 0.29) is 18.3 Å². The fourth-order valence-corrected chi connectivity index (χ4v) is 2.95. The van der Waals surface area contributed by atoms with Crippen LogP contribution in [0.2, 0.25) is 0 Å². The lowest BCUT2D eigenvalue weighted by Gasteiger charge is -2.22. The summed E-state index contributed by atoms with van der Waals surface area (Å²) >= 11 is 1.15. The highest BCUT2D eigenvalue weighted by molar-refractivity contribution is 8.13. The van der Waals surface area contributed by atoms with Crippen molar-refractivity contribution in [1.29, 1.82) is 0 Å². The Morgan fingerprint density at radius 2 is 1.56 bits per heavy atom. The maximum Gasteiger partial charge on any atom is 0.220 e. The van der Waals surface area contributed by atoms with Crippen molar-refractivity contribution in [3.63, 3.8) is 0 Å². The molecule has 0 saturated heterocycles. The summed E-state index contributed by atoms with van der Waals surface area (Å²) in [6, 6.07) is 19.3. The van der Waals surface area contributed by atoms with Crippen LogP contribution >= 0.6 is 11.8 Å². The topological polar surface area (TPSA) is 55.8 Å². The molecule has 0 bridgehead atoms. The van der Waals surface area contributed by atoms with Crippen LogP contribution in [0.1, 0.15) is 18.1 Å². The van der Waals surface area contributed by atoms with E-state index in [0.29, 0.717) is 12.4 Å². The molecule has 0 amide bonds. The number of thioether (sulfide) groups is 1. The van der Waals surface area contributed by atoms with Crippen molar-refractivity contribution >= 4 is 16.9 Å². The van der Waals surface area contributed by atoms with E-state index >= 15 is 0 Å². The third kappa shape index (κ3) is 7.00. The molecule has 2 rings (SSSR count). The highest BCUT2D eigenvalue weighted by atomic mass is 32.2. The highest BCUT2D eigenvalue weighted by Gasteiger charge is 2.28. The first-order valence-electron chi connectivity index (χ1n) is 8.32. The van der Waals surface area contributed by atoms with Crippen LogP contribution in [-0.4, -0.2) is 34.8 Å². The number of carbonyl (C=O) groups is 1. The van der Waals surface area contributed by atoms with Gasteiger partial charge in [0.25, 0.3) is 0 Å². The molecule has 0 saturated carbocycles. The van der Waals surface area contributed by atoms with Crippen LogP contribution < -0.4 is 0 Å². The van der Waals surface area contributed by atoms with Gasteiger partial charge in [-0.2, -0.15) is 0 Å². The Hall–Kier alpha value is -1.66. The largest absolute Gasteiger partial charge is 0.387 e. The number of aliphatic hydroxyl groups excluding tert-OH is 1. The Labute approximate surface area is 153 Å². The summed E-state index contributed by atoms with van der Waals surface area (Å²) < 4.78 is 11.3. The molecule has 0 aromatic heterocycles. The van der Waals surface area contributed by atoms with Crippen LogP contribution in [0.15, 0.2) is 60.7 Å². The van der Waals surface area contributed by atoms with Crippen molar-refractivity contribution in [3.8, 4) is 0 Å². The fraction of sp³-hybridized carbons (Fsp3) is 0.350. The van der Waals surface area contributed by atoms with Crippen LogP contribution in [0.4, 0.5) is 0 Å². The van der Waals surface area contributed by atoms with E-state index in [9.17, 15) is 9.90 Å². The van der Waals surface area contributed by atoms with Gasteiger partial charge in [-0.25, -0.2) is 0 Å². The number of rotatable bonds is 10. The maximum atomic E-state index is 12.3. The van der Waals surface area contributed by atoms with Gasteiger partial charge < -0.3 is 14.6 Å². The SMILES string of the molecule is CCSC(=O)[C@@H](OCc1ccccc1)[C@H](O)COCc1ccccc1. The summed E-state index contributed by atoms with van der Waals surface area (Å²) in [5, 5.41) is 10.2. The first kappa shape index (κ1) is 19.7. The molecule has 0 fully saturated rings. The molecule has 5 heteroatoms. The first-order chi connectivity index (χ1) is 12.2. The number of hydrogen-bond acceptors (Lipinski definition) is 5. The summed E-state index contributed by atoms with van der Waals surface area (Å²) in [4.78, 5) is 12.3. The third-order valence-corrected chi connectivity index (χ3v) is 4.35. The molecule has 4 nitrogen and oxygen atoms in total. The zero-order chi connectivity index (χ0) is 17.9. The summed E-state index contributed by atoms with van der Waals surface area (Å²) in [7, 11) is 0. The Bertz CT molecular complexity index is 618. The second kappa shape index (κ2) is 11.1. The van der Waals surface area contributed by atoms with Gasteiger partial charge in [0.05, 0.1) is 19.8 Å². The van der Waals surface area contributed by atoms with Gasteiger partial charge in [0, 0.05) is 0 Å². The van der Waals surface area contributed by atoms with Crippen LogP contribution in [0, 0.1) is 0 Å². The molecular weight excluding hydrogens is 336 g/mol. The van der Waals surface area contributed by atoms with Gasteiger partial charge >= 0.3 is 0 Å². The molecule has 25 heavy (non-hydrogen) atoms. The molecule has 2 aromatic rings. The lowest BCUT2D eigenvalue weighted by atomic mass is 10.2. The summed E-state index contributed by atoms with van der Waals surface area (Å²) in [6.45, 7) is 2.61. The molecule has 2 atom stereocenters. The molecule has 0 spiro atoms. The van der Waals surface area contributed by atoms with E-state index in [4.69, 9.17) is 9.47 Å². The lowest BCUT2D eigenvalue weighted by molar-refractivity contribution is -0.135. The molecule has 0 heterocycles. The van der Waals surface area contributed by atoms with E-state index in [1.54, 1.807) is 0 Å². The second-order valence-corrected chi connectivity index (χ2v) is 6.81. The van der Waals surface area contributed by atoms with Crippen molar-refractivity contribution in [2.45, 2.75) is 32.3 Å². The van der Waals surface area contributed by atoms with Gasteiger partial charge in [-0.05, 0) is 16.9 Å². The third-order valence-electron chi connectivity index (χ3n) is 3.54. The fourth-order valence-electron chi connectivity index (χ4n) is 2.28. The zero-order valence-electron chi connectivity index (χ0n) is 14.3. The van der Waals surface area contributed by atoms with E-state index in [1.807, 2.05) is 67.6 Å². The average Bonchev–Trinajstić information content (AvgIpc) is 2.64. The van der Waals surface area contributed by atoms with Crippen molar-refractivity contribution < 1.29 is 19.4 Å². The normalized spacial score (nSPS) is 13.4. The predicted octanol–water partition coefficient (Wildman–Crippen LogP) is 3.43. The van der Waals surface area contributed by atoms with Crippen LogP contribution in [0.5, 0.6) is 0 Å². The predicted molar refractivity (Wildman–Crippen MR) is 100 cm³/mol. The molecule has 0 unspecified atom stereocenters. The minimum Gasteiger partial charge on any atom is -0.387 e. The van der Waals surface area contributed by atoms with Gasteiger partial charge in [0.1, 0.15) is 6.10 Å². The van der Waals surface area contributed by atoms with Crippen molar-refractivity contribution in [2.75, 3.05) is 12.4 Å². The minimum atomic E-state index is -1.00. The Balaban J connectivity index is 1.88. The smallest absolute Gasteiger partial charge is 0.220 e. The summed E-state index contributed by atoms with van der Waals surface area (Å²) in [6.07, 6.45) is -1.90. The molecule has 1 N–H and O–H groups in total. The molecule has 134 valence electrons. The quantitative estimate of drug-likeness (QED) is 0.703. The van der Waals surface area contributed by atoms with Crippen LogP contribution in [0.3, 0.4) is 0 Å². The van der Waals surface area contributed by atoms with E-state index in [1.165, 1.54) is 0 Å². The van der Waals surface area contributed by atoms with Gasteiger partial charge in [-0.1, -0.05) is 79.3 Å². The van der Waals surface area contributed by atoms with E-state index in [0.717, 1.165) is 22.9 Å². The van der Waals surface area contributed by atoms with Gasteiger partial charge in [-0.15, -0.1) is 0 Å². The highest BCUT2D eigenvalue weighted by Crippen LogP contribution is 2.15. The summed E-state index contributed by atoms with van der Waals surface area (Å²) in [5.41, 5.74) is 1.98. The Kier molecular flexibility index (Phi) is 8.69. The van der Waals surface area contributed by atoms with E-state index < -0.39 is 12.2 Å². The zero-order valence-corrected chi connectivity index (χ0v) is 15.2. The van der Waals surface area contributed by atoms with E-state index in [2.05, 4.69) is 0 Å². The number of hydrogen-bond donors (Lipinski definition) is 1. The number of carbonyl (C=O) groups excluding carboxylic acids is 1. The standard InChI is InChI=1S/C20H24O4S/c1-2-25-20(22)19(24-14-17-11-7-4-8-12-17)18(21)15-23-13-16-9-5-3-6-10-16/h3-12,18-19,21H,2,13-15H2,1H3/t18-,19+/m1/s1. The van der Waals surface area contributed by atoms with Crippen molar-refractivity contribution in [3.05, 3.63) is 71.8 Å². The lowest BCUT2D eigenvalue weighted by Crippen LogP contribution is -2.38. The van der Waals surface area contributed by atoms with Crippen molar-refractivity contribution in [2.24, 2.45) is 0 Å². The summed E-state index contributed by atoms with van der Waals surface area (Å²) in [5.74, 6) is 0.640. The molecule has 0 aliphatic heterocycles. The second-order valence-electron chi connectivity index (χ2n) is 5.54. The van der Waals surface area contributed by atoms with Crippen LogP contribution in [0.25, 0.3) is 0 Å². The van der Waals surface area contributed by atoms with Gasteiger partial charge in [0.2, 0.25) is 5.12 Å². The average molecular weight is 360 g/mol. The van der Waals surface area contributed by atoms with Gasteiger partial charge in [-0.3, -0.25) is 4.79 Å². The Morgan fingerprint density at radius 3 is 2.12 bits per heavy atom. The number of ether oxygens (including phenoxy) is 2. The number of benzene rings is 2. The molecule has 0 aliphatic carbocycles. The minimum absolute atomic E-state index is 0.0460. The molecule has 0 radical (unpaired) electrons. The van der Waals surface area contributed by atoms with Gasteiger partial charge in [0.15, 0.2) is 6.10 Å². The van der Waals surface area contributed by atoms with Crippen molar-refractivity contribution in [1.82, 2.24) is 0 Å².